The van der Waals surface area contributed by atoms with Crippen molar-refractivity contribution >= 4 is 13.7 Å². The first-order valence-corrected chi connectivity index (χ1v) is 10.9. The van der Waals surface area contributed by atoms with Gasteiger partial charge >= 0.3 is 8.56 Å². The molecule has 3 heteroatoms. The monoisotopic (exact) mass is 342 g/mol. The minimum Gasteiger partial charge on any atom is -0.388 e. The molecule has 0 aromatic heterocycles. The van der Waals surface area contributed by atoms with Crippen LogP contribution in [0.4, 0.5) is 0 Å². The average Bonchev–Trinajstić information content (AvgIpc) is 2.56. The molecule has 0 bridgehead atoms. The highest BCUT2D eigenvalue weighted by atomic mass is 28.4. The van der Waals surface area contributed by atoms with Gasteiger partial charge in [-0.1, -0.05) is 74.0 Å². The molecule has 0 aliphatic heterocycles. The van der Waals surface area contributed by atoms with E-state index in [1.165, 1.54) is 10.8 Å². The van der Waals surface area contributed by atoms with E-state index in [9.17, 15) is 0 Å². The predicted octanol–water partition coefficient (Wildman–Crippen LogP) is 5.12. The summed E-state index contributed by atoms with van der Waals surface area (Å²) in [7, 11) is -2.55. The van der Waals surface area contributed by atoms with Gasteiger partial charge in [-0.15, -0.1) is 0 Å². The Labute approximate surface area is 148 Å². The van der Waals surface area contributed by atoms with Crippen LogP contribution in [0.25, 0.3) is 0 Å². The van der Waals surface area contributed by atoms with Crippen LogP contribution in [0, 0.1) is 0 Å². The molecule has 2 aromatic rings. The summed E-state index contributed by atoms with van der Waals surface area (Å²) in [4.78, 5) is 0. The molecule has 1 unspecified atom stereocenters. The zero-order valence-corrected chi connectivity index (χ0v) is 16.6. The van der Waals surface area contributed by atoms with Crippen molar-refractivity contribution in [2.75, 3.05) is 0 Å². The van der Waals surface area contributed by atoms with E-state index in [0.717, 1.165) is 12.5 Å². The molecule has 130 valence electrons. The summed E-state index contributed by atoms with van der Waals surface area (Å²) < 4.78 is 13.4. The molecule has 0 spiro atoms. The third-order valence-electron chi connectivity index (χ3n) is 4.11. The first-order chi connectivity index (χ1) is 11.4. The Morgan fingerprint density at radius 2 is 1.46 bits per heavy atom. The zero-order chi connectivity index (χ0) is 17.6. The molecule has 2 rings (SSSR count). The van der Waals surface area contributed by atoms with Crippen molar-refractivity contribution in [1.82, 2.24) is 0 Å². The molecule has 1 atom stereocenters. The Kier molecular flexibility index (Phi) is 6.38. The molecular weight excluding hydrogens is 312 g/mol. The summed E-state index contributed by atoms with van der Waals surface area (Å²) >= 11 is 0. The third-order valence-corrected chi connectivity index (χ3v) is 8.17. The minimum atomic E-state index is -2.55. The van der Waals surface area contributed by atoms with Crippen LogP contribution in [0.1, 0.15) is 46.6 Å². The zero-order valence-electron chi connectivity index (χ0n) is 15.6. The van der Waals surface area contributed by atoms with E-state index in [4.69, 9.17) is 8.85 Å². The average molecular weight is 343 g/mol. The van der Waals surface area contributed by atoms with Gasteiger partial charge in [0.25, 0.3) is 0 Å². The van der Waals surface area contributed by atoms with E-state index in [0.29, 0.717) is 0 Å². The maximum atomic E-state index is 6.87. The highest BCUT2D eigenvalue weighted by molar-refractivity contribution is 6.81. The lowest BCUT2D eigenvalue weighted by atomic mass is 9.99. The first kappa shape index (κ1) is 18.9. The second kappa shape index (κ2) is 8.10. The summed E-state index contributed by atoms with van der Waals surface area (Å²) in [6.45, 7) is 10.7. The fourth-order valence-corrected chi connectivity index (χ4v) is 6.99. The fraction of sp³-hybridized carbons (Fsp3) is 0.429. The van der Waals surface area contributed by atoms with Gasteiger partial charge in [-0.25, -0.2) is 0 Å². The lowest BCUT2D eigenvalue weighted by molar-refractivity contribution is 0.0405. The van der Waals surface area contributed by atoms with Gasteiger partial charge in [0.2, 0.25) is 0 Å². The second-order valence-corrected chi connectivity index (χ2v) is 10.0. The maximum absolute atomic E-state index is 6.87. The van der Waals surface area contributed by atoms with Crippen LogP contribution in [0.15, 0.2) is 60.7 Å². The van der Waals surface area contributed by atoms with Gasteiger partial charge in [-0.3, -0.25) is 0 Å². The fourth-order valence-electron chi connectivity index (χ4n) is 3.12. The smallest absolute Gasteiger partial charge is 0.373 e. The van der Waals surface area contributed by atoms with Crippen LogP contribution in [0.2, 0.25) is 6.04 Å². The molecule has 0 amide bonds. The largest absolute Gasteiger partial charge is 0.388 e. The molecule has 2 aromatic carbocycles. The second-order valence-electron chi connectivity index (χ2n) is 7.01. The standard InChI is InChI=1S/C21H30O2Si/c1-6-17-24(22-18(2)3,20-15-11-8-12-16-20)23-21(4,5)19-13-9-7-10-14-19/h7-16,18H,6,17H2,1-5H3. The molecule has 24 heavy (non-hydrogen) atoms. The van der Waals surface area contributed by atoms with Crippen LogP contribution in [-0.2, 0) is 14.5 Å². The molecule has 0 N–H and O–H groups in total. The van der Waals surface area contributed by atoms with E-state index in [-0.39, 0.29) is 6.10 Å². The molecule has 0 radical (unpaired) electrons. The quantitative estimate of drug-likeness (QED) is 0.620. The third kappa shape index (κ3) is 4.56. The number of hydrogen-bond donors (Lipinski definition) is 0. The topological polar surface area (TPSA) is 18.5 Å². The number of hydrogen-bond acceptors (Lipinski definition) is 2. The van der Waals surface area contributed by atoms with E-state index < -0.39 is 14.2 Å². The van der Waals surface area contributed by atoms with Crippen LogP contribution < -0.4 is 5.19 Å². The van der Waals surface area contributed by atoms with Crippen molar-refractivity contribution in [2.24, 2.45) is 0 Å². The summed E-state index contributed by atoms with van der Waals surface area (Å²) in [6.07, 6.45) is 1.17. The van der Waals surface area contributed by atoms with Crippen LogP contribution in [-0.4, -0.2) is 14.7 Å². The summed E-state index contributed by atoms with van der Waals surface area (Å²) in [6, 6.07) is 21.9. The Morgan fingerprint density at radius 3 is 1.96 bits per heavy atom. The van der Waals surface area contributed by atoms with Gasteiger partial charge in [-0.05, 0) is 44.5 Å². The maximum Gasteiger partial charge on any atom is 0.373 e. The van der Waals surface area contributed by atoms with Crippen molar-refractivity contribution in [3.8, 4) is 0 Å². The van der Waals surface area contributed by atoms with Crippen molar-refractivity contribution < 1.29 is 8.85 Å². The molecule has 0 aliphatic rings. The lowest BCUT2D eigenvalue weighted by Gasteiger charge is -2.40. The number of rotatable bonds is 8. The normalized spacial score (nSPS) is 14.6. The molecule has 0 saturated heterocycles. The molecule has 2 nitrogen and oxygen atoms in total. The van der Waals surface area contributed by atoms with Gasteiger partial charge < -0.3 is 8.85 Å². The van der Waals surface area contributed by atoms with E-state index in [1.54, 1.807) is 0 Å². The SMILES string of the molecule is CCC[Si](OC(C)C)(OC(C)(C)c1ccccc1)c1ccccc1. The van der Waals surface area contributed by atoms with Crippen LogP contribution in [0.5, 0.6) is 0 Å². The Hall–Kier alpha value is -1.42. The van der Waals surface area contributed by atoms with Gasteiger partial charge in [0.15, 0.2) is 0 Å². The Morgan fingerprint density at radius 1 is 0.917 bits per heavy atom. The van der Waals surface area contributed by atoms with Crippen LogP contribution in [0.3, 0.4) is 0 Å². The van der Waals surface area contributed by atoms with Crippen molar-refractivity contribution in [2.45, 2.75) is 58.8 Å². The minimum absolute atomic E-state index is 0.134. The number of benzene rings is 2. The van der Waals surface area contributed by atoms with Gasteiger partial charge in [-0.2, -0.15) is 0 Å². The highest BCUT2D eigenvalue weighted by Gasteiger charge is 2.45. The van der Waals surface area contributed by atoms with Crippen molar-refractivity contribution in [3.63, 3.8) is 0 Å². The van der Waals surface area contributed by atoms with E-state index >= 15 is 0 Å². The molecular formula is C21H30O2Si. The van der Waals surface area contributed by atoms with E-state index in [1.807, 2.05) is 12.1 Å². The van der Waals surface area contributed by atoms with Crippen LogP contribution >= 0.6 is 0 Å². The van der Waals surface area contributed by atoms with Gasteiger partial charge in [0, 0.05) is 6.10 Å². The molecule has 0 saturated carbocycles. The first-order valence-electron chi connectivity index (χ1n) is 8.88. The van der Waals surface area contributed by atoms with Gasteiger partial charge in [0.05, 0.1) is 5.60 Å². The Bertz CT molecular complexity index is 610. The predicted molar refractivity (Wildman–Crippen MR) is 104 cm³/mol. The molecule has 0 heterocycles. The highest BCUT2D eigenvalue weighted by Crippen LogP contribution is 2.32. The summed E-state index contributed by atoms with van der Waals surface area (Å²) in [5.41, 5.74) is 0.786. The molecule has 0 fully saturated rings. The van der Waals surface area contributed by atoms with E-state index in [2.05, 4.69) is 83.1 Å². The summed E-state index contributed by atoms with van der Waals surface area (Å²) in [5, 5.41) is 1.21. The molecule has 0 aliphatic carbocycles. The van der Waals surface area contributed by atoms with Crippen molar-refractivity contribution in [1.29, 1.82) is 0 Å². The van der Waals surface area contributed by atoms with Crippen molar-refractivity contribution in [3.05, 3.63) is 66.2 Å². The lowest BCUT2D eigenvalue weighted by Crippen LogP contribution is -2.58. The summed E-state index contributed by atoms with van der Waals surface area (Å²) in [5.74, 6) is 0. The Balaban J connectivity index is 2.45. The van der Waals surface area contributed by atoms with Gasteiger partial charge in [0.1, 0.15) is 0 Å².